The number of amides is 1. The summed E-state index contributed by atoms with van der Waals surface area (Å²) in [5, 5.41) is 8.81. The lowest BCUT2D eigenvalue weighted by atomic mass is 10.1. The molecule has 9 heteroatoms. The Morgan fingerprint density at radius 1 is 1.23 bits per heavy atom. The molecule has 1 aliphatic heterocycles. The lowest BCUT2D eigenvalue weighted by molar-refractivity contribution is -0.118. The normalized spacial score (nSPS) is 14.9. The van der Waals surface area contributed by atoms with Crippen LogP contribution in [0.2, 0.25) is 0 Å². The van der Waals surface area contributed by atoms with E-state index in [9.17, 15) is 9.18 Å². The summed E-state index contributed by atoms with van der Waals surface area (Å²) in [6, 6.07) is 11.3. The molecule has 2 heterocycles. The van der Waals surface area contributed by atoms with E-state index in [1.54, 1.807) is 19.2 Å². The van der Waals surface area contributed by atoms with E-state index in [4.69, 9.17) is 9.47 Å². The summed E-state index contributed by atoms with van der Waals surface area (Å²) >= 11 is 1.41. The van der Waals surface area contributed by atoms with Crippen LogP contribution in [0.25, 0.3) is 11.3 Å². The first-order chi connectivity index (χ1) is 14.5. The fourth-order valence-electron chi connectivity index (χ4n) is 3.25. The van der Waals surface area contributed by atoms with Crippen molar-refractivity contribution in [2.75, 3.05) is 17.8 Å². The number of aromatic nitrogens is 3. The van der Waals surface area contributed by atoms with Crippen LogP contribution >= 0.6 is 11.8 Å². The second kappa shape index (κ2) is 8.27. The Hall–Kier alpha value is -3.20. The Morgan fingerprint density at radius 2 is 2.00 bits per heavy atom. The number of nitrogens with zero attached hydrogens (tertiary/aromatic N) is 4. The van der Waals surface area contributed by atoms with E-state index in [1.807, 2.05) is 19.1 Å². The highest BCUT2D eigenvalue weighted by Crippen LogP contribution is 2.43. The standard InChI is InChI=1S/C21H19FN4O3S/c1-4-30-21-23-19-18(24-25-21)16-11-14(22)7-10-17(16)26(12(2)27)20(29-19)13-5-8-15(28-3)9-6-13/h5-11,20H,4H2,1-3H3. The van der Waals surface area contributed by atoms with E-state index in [0.29, 0.717) is 27.7 Å². The molecule has 1 aromatic heterocycles. The Kier molecular flexibility index (Phi) is 5.54. The molecule has 0 bridgehead atoms. The first-order valence-corrected chi connectivity index (χ1v) is 10.3. The maximum Gasteiger partial charge on any atom is 0.247 e. The predicted molar refractivity (Wildman–Crippen MR) is 111 cm³/mol. The maximum atomic E-state index is 14.1. The van der Waals surface area contributed by atoms with Gasteiger partial charge in [0, 0.05) is 18.1 Å². The van der Waals surface area contributed by atoms with Gasteiger partial charge in [-0.3, -0.25) is 9.69 Å². The Morgan fingerprint density at radius 3 is 2.67 bits per heavy atom. The van der Waals surface area contributed by atoms with Crippen LogP contribution in [0.1, 0.15) is 25.6 Å². The summed E-state index contributed by atoms with van der Waals surface area (Å²) in [7, 11) is 1.58. The first kappa shape index (κ1) is 20.1. The molecule has 1 atom stereocenters. The van der Waals surface area contributed by atoms with Crippen LogP contribution in [0, 0.1) is 5.82 Å². The van der Waals surface area contributed by atoms with Crippen molar-refractivity contribution in [3.8, 4) is 22.9 Å². The van der Waals surface area contributed by atoms with Gasteiger partial charge in [0.1, 0.15) is 11.6 Å². The number of carbonyl (C=O) groups is 1. The van der Waals surface area contributed by atoms with Crippen LogP contribution in [-0.2, 0) is 4.79 Å². The second-order valence-electron chi connectivity index (χ2n) is 6.48. The molecule has 1 amide bonds. The lowest BCUT2D eigenvalue weighted by Crippen LogP contribution is -2.36. The van der Waals surface area contributed by atoms with Crippen molar-refractivity contribution in [2.45, 2.75) is 25.2 Å². The van der Waals surface area contributed by atoms with Crippen molar-refractivity contribution in [1.82, 2.24) is 15.2 Å². The first-order valence-electron chi connectivity index (χ1n) is 9.29. The number of methoxy groups -OCH3 is 1. The highest BCUT2D eigenvalue weighted by molar-refractivity contribution is 7.99. The van der Waals surface area contributed by atoms with Gasteiger partial charge in [-0.2, -0.15) is 4.98 Å². The van der Waals surface area contributed by atoms with Crippen molar-refractivity contribution in [2.24, 2.45) is 0 Å². The van der Waals surface area contributed by atoms with Crippen molar-refractivity contribution in [3.63, 3.8) is 0 Å². The highest BCUT2D eigenvalue weighted by atomic mass is 32.2. The van der Waals surface area contributed by atoms with Gasteiger partial charge in [0.2, 0.25) is 23.2 Å². The fraction of sp³-hybridized carbons (Fsp3) is 0.238. The van der Waals surface area contributed by atoms with Crippen LogP contribution in [-0.4, -0.2) is 34.0 Å². The van der Waals surface area contributed by atoms with E-state index in [2.05, 4.69) is 15.2 Å². The number of halogens is 1. The highest BCUT2D eigenvalue weighted by Gasteiger charge is 2.35. The number of thioether (sulfide) groups is 1. The molecule has 1 unspecified atom stereocenters. The van der Waals surface area contributed by atoms with Crippen molar-refractivity contribution >= 4 is 23.4 Å². The van der Waals surface area contributed by atoms with Gasteiger partial charge in [0.15, 0.2) is 5.69 Å². The summed E-state index contributed by atoms with van der Waals surface area (Å²) < 4.78 is 25.6. The van der Waals surface area contributed by atoms with Crippen molar-refractivity contribution in [1.29, 1.82) is 0 Å². The average molecular weight is 426 g/mol. The van der Waals surface area contributed by atoms with Gasteiger partial charge in [0.25, 0.3) is 0 Å². The monoisotopic (exact) mass is 426 g/mol. The van der Waals surface area contributed by atoms with Crippen molar-refractivity contribution < 1.29 is 18.7 Å². The van der Waals surface area contributed by atoms with E-state index in [0.717, 1.165) is 5.75 Å². The van der Waals surface area contributed by atoms with Crippen LogP contribution in [0.5, 0.6) is 11.6 Å². The molecule has 0 aliphatic carbocycles. The molecular weight excluding hydrogens is 407 g/mol. The fourth-order valence-corrected chi connectivity index (χ4v) is 3.76. The predicted octanol–water partition coefficient (Wildman–Crippen LogP) is 4.24. The summed E-state index contributed by atoms with van der Waals surface area (Å²) in [5.74, 6) is 0.896. The van der Waals surface area contributed by atoms with Gasteiger partial charge >= 0.3 is 0 Å². The topological polar surface area (TPSA) is 77.4 Å². The number of ether oxygens (including phenoxy) is 2. The van der Waals surface area contributed by atoms with Gasteiger partial charge in [-0.15, -0.1) is 10.2 Å². The number of carbonyl (C=O) groups excluding carboxylic acids is 1. The maximum absolute atomic E-state index is 14.1. The van der Waals surface area contributed by atoms with Gasteiger partial charge in [-0.25, -0.2) is 4.39 Å². The van der Waals surface area contributed by atoms with Gasteiger partial charge in [-0.05, 0) is 48.2 Å². The molecule has 4 rings (SSSR count). The number of hydrogen-bond donors (Lipinski definition) is 0. The molecule has 1 aliphatic rings. The molecule has 7 nitrogen and oxygen atoms in total. The number of fused-ring (bicyclic) bond motifs is 3. The molecule has 0 N–H and O–H groups in total. The SMILES string of the molecule is CCSc1nnc2c(n1)OC(c1ccc(OC)cc1)N(C(C)=O)c1ccc(F)cc1-2. The van der Waals surface area contributed by atoms with Crippen LogP contribution < -0.4 is 14.4 Å². The molecule has 3 aromatic rings. The van der Waals surface area contributed by atoms with Crippen molar-refractivity contribution in [3.05, 3.63) is 53.8 Å². The summed E-state index contributed by atoms with van der Waals surface area (Å²) in [4.78, 5) is 18.6. The number of hydrogen-bond acceptors (Lipinski definition) is 7. The molecule has 0 saturated carbocycles. The molecule has 30 heavy (non-hydrogen) atoms. The molecular formula is C21H19FN4O3S. The molecule has 154 valence electrons. The van der Waals surface area contributed by atoms with Crippen LogP contribution in [0.3, 0.4) is 0 Å². The average Bonchev–Trinajstić information content (AvgIpc) is 2.88. The van der Waals surface area contributed by atoms with Crippen LogP contribution in [0.15, 0.2) is 47.6 Å². The third-order valence-electron chi connectivity index (χ3n) is 4.58. The zero-order chi connectivity index (χ0) is 21.3. The number of benzene rings is 2. The second-order valence-corrected chi connectivity index (χ2v) is 7.71. The molecule has 0 fully saturated rings. The van der Waals surface area contributed by atoms with E-state index in [1.165, 1.54) is 41.8 Å². The summed E-state index contributed by atoms with van der Waals surface area (Å²) in [6.07, 6.45) is -0.824. The van der Waals surface area contributed by atoms with Crippen LogP contribution in [0.4, 0.5) is 10.1 Å². The Bertz CT molecular complexity index is 1090. The lowest BCUT2D eigenvalue weighted by Gasteiger charge is -2.30. The zero-order valence-electron chi connectivity index (χ0n) is 16.6. The minimum Gasteiger partial charge on any atom is -0.497 e. The Labute approximate surface area is 177 Å². The summed E-state index contributed by atoms with van der Waals surface area (Å²) in [6.45, 7) is 3.41. The quantitative estimate of drug-likeness (QED) is 0.578. The van der Waals surface area contributed by atoms with Gasteiger partial charge in [0.05, 0.1) is 12.8 Å². The van der Waals surface area contributed by atoms with Gasteiger partial charge < -0.3 is 9.47 Å². The van der Waals surface area contributed by atoms with E-state index in [-0.39, 0.29) is 17.5 Å². The third-order valence-corrected chi connectivity index (χ3v) is 5.30. The molecule has 0 radical (unpaired) electrons. The Balaban J connectivity index is 1.93. The third kappa shape index (κ3) is 3.68. The molecule has 0 spiro atoms. The molecule has 0 saturated heterocycles. The zero-order valence-corrected chi connectivity index (χ0v) is 17.4. The van der Waals surface area contributed by atoms with E-state index < -0.39 is 12.0 Å². The van der Waals surface area contributed by atoms with E-state index >= 15 is 0 Å². The summed E-state index contributed by atoms with van der Waals surface area (Å²) in [5.41, 5.74) is 1.85. The number of rotatable bonds is 4. The smallest absolute Gasteiger partial charge is 0.247 e. The minimum atomic E-state index is -0.824. The number of anilines is 1. The van der Waals surface area contributed by atoms with Gasteiger partial charge in [-0.1, -0.05) is 18.7 Å². The molecule has 2 aromatic carbocycles. The minimum absolute atomic E-state index is 0.192. The largest absolute Gasteiger partial charge is 0.497 e.